The zero-order valence-electron chi connectivity index (χ0n) is 13.5. The van der Waals surface area contributed by atoms with Gasteiger partial charge >= 0.3 is 5.97 Å². The number of anilines is 1. The minimum atomic E-state index is -0.962. The summed E-state index contributed by atoms with van der Waals surface area (Å²) in [6, 6.07) is 8.40. The SMILES string of the molecule is CCCOc1c(Cl)cc(Cl)cc1CNc1cc(C(=O)O)ccc1C. The number of carboxylic acids is 1. The van der Waals surface area contributed by atoms with Crippen molar-refractivity contribution < 1.29 is 14.6 Å². The van der Waals surface area contributed by atoms with Crippen molar-refractivity contribution >= 4 is 34.9 Å². The summed E-state index contributed by atoms with van der Waals surface area (Å²) in [6.07, 6.45) is 0.867. The smallest absolute Gasteiger partial charge is 0.335 e. The molecule has 0 saturated heterocycles. The van der Waals surface area contributed by atoms with E-state index in [0.29, 0.717) is 28.9 Å². The summed E-state index contributed by atoms with van der Waals surface area (Å²) in [4.78, 5) is 11.1. The standard InChI is InChI=1S/C18H19Cl2NO3/c1-3-6-24-17-13(7-14(19)9-15(17)20)10-21-16-8-12(18(22)23)5-4-11(16)2/h4-5,7-9,21H,3,6,10H2,1-2H3,(H,22,23). The number of aromatic carboxylic acids is 1. The van der Waals surface area contributed by atoms with Crippen molar-refractivity contribution in [2.24, 2.45) is 0 Å². The van der Waals surface area contributed by atoms with Crippen LogP contribution in [-0.4, -0.2) is 17.7 Å². The molecule has 0 spiro atoms. The number of ether oxygens (including phenoxy) is 1. The minimum Gasteiger partial charge on any atom is -0.492 e. The van der Waals surface area contributed by atoms with Crippen molar-refractivity contribution in [2.45, 2.75) is 26.8 Å². The van der Waals surface area contributed by atoms with E-state index in [-0.39, 0.29) is 5.56 Å². The fourth-order valence-electron chi connectivity index (χ4n) is 2.25. The summed E-state index contributed by atoms with van der Waals surface area (Å²) in [5.74, 6) is -0.363. The van der Waals surface area contributed by atoms with Crippen molar-refractivity contribution in [3.05, 3.63) is 57.1 Å². The lowest BCUT2D eigenvalue weighted by Gasteiger charge is -2.16. The first kappa shape index (κ1) is 18.4. The highest BCUT2D eigenvalue weighted by Gasteiger charge is 2.12. The number of carbonyl (C=O) groups is 1. The second-order valence-corrected chi connectivity index (χ2v) is 6.26. The molecule has 0 aromatic heterocycles. The van der Waals surface area contributed by atoms with Gasteiger partial charge in [0.15, 0.2) is 0 Å². The molecule has 0 aliphatic rings. The molecule has 2 rings (SSSR count). The number of halogens is 2. The van der Waals surface area contributed by atoms with Crippen LogP contribution in [0.1, 0.15) is 34.8 Å². The Morgan fingerprint density at radius 3 is 2.67 bits per heavy atom. The molecule has 24 heavy (non-hydrogen) atoms. The van der Waals surface area contributed by atoms with E-state index >= 15 is 0 Å². The van der Waals surface area contributed by atoms with Crippen LogP contribution in [0.5, 0.6) is 5.75 Å². The Bertz CT molecular complexity index is 747. The highest BCUT2D eigenvalue weighted by atomic mass is 35.5. The molecule has 0 aliphatic heterocycles. The molecular weight excluding hydrogens is 349 g/mol. The van der Waals surface area contributed by atoms with Crippen molar-refractivity contribution in [2.75, 3.05) is 11.9 Å². The molecule has 0 saturated carbocycles. The third-order valence-corrected chi connectivity index (χ3v) is 3.99. The number of nitrogens with one attached hydrogen (secondary N) is 1. The van der Waals surface area contributed by atoms with Crippen molar-refractivity contribution in [3.63, 3.8) is 0 Å². The third kappa shape index (κ3) is 4.56. The predicted molar refractivity (Wildman–Crippen MR) is 97.7 cm³/mol. The Hall–Kier alpha value is -1.91. The van der Waals surface area contributed by atoms with Gasteiger partial charge in [0.1, 0.15) is 5.75 Å². The molecule has 6 heteroatoms. The first-order valence-corrected chi connectivity index (χ1v) is 8.36. The van der Waals surface area contributed by atoms with Crippen LogP contribution in [0.25, 0.3) is 0 Å². The van der Waals surface area contributed by atoms with Crippen molar-refractivity contribution in [3.8, 4) is 5.75 Å². The van der Waals surface area contributed by atoms with E-state index in [9.17, 15) is 4.79 Å². The topological polar surface area (TPSA) is 58.6 Å². The van der Waals surface area contributed by atoms with Gasteiger partial charge in [0.05, 0.1) is 17.2 Å². The lowest BCUT2D eigenvalue weighted by Crippen LogP contribution is -2.07. The van der Waals surface area contributed by atoms with Gasteiger partial charge in [0, 0.05) is 22.8 Å². The minimum absolute atomic E-state index is 0.231. The number of hydrogen-bond acceptors (Lipinski definition) is 3. The summed E-state index contributed by atoms with van der Waals surface area (Å²) in [7, 11) is 0. The molecule has 4 nitrogen and oxygen atoms in total. The molecule has 2 aromatic carbocycles. The molecule has 0 bridgehead atoms. The monoisotopic (exact) mass is 367 g/mol. The van der Waals surface area contributed by atoms with Crippen molar-refractivity contribution in [1.29, 1.82) is 0 Å². The maximum Gasteiger partial charge on any atom is 0.335 e. The molecule has 0 heterocycles. The van der Waals surface area contributed by atoms with Crippen LogP contribution in [0.3, 0.4) is 0 Å². The van der Waals surface area contributed by atoms with E-state index in [4.69, 9.17) is 33.0 Å². The van der Waals surface area contributed by atoms with Crippen LogP contribution in [0, 0.1) is 6.92 Å². The van der Waals surface area contributed by atoms with E-state index in [2.05, 4.69) is 5.32 Å². The lowest BCUT2D eigenvalue weighted by molar-refractivity contribution is 0.0697. The molecule has 128 valence electrons. The van der Waals surface area contributed by atoms with Gasteiger partial charge in [-0.25, -0.2) is 4.79 Å². The van der Waals surface area contributed by atoms with Crippen LogP contribution >= 0.6 is 23.2 Å². The molecule has 2 aromatic rings. The predicted octanol–water partition coefficient (Wildman–Crippen LogP) is 5.40. The molecule has 0 amide bonds. The molecule has 0 fully saturated rings. The zero-order chi connectivity index (χ0) is 17.7. The van der Waals surface area contributed by atoms with Gasteiger partial charge in [-0.05, 0) is 43.2 Å². The van der Waals surface area contributed by atoms with Crippen LogP contribution < -0.4 is 10.1 Å². The maximum atomic E-state index is 11.1. The molecule has 0 atom stereocenters. The van der Waals surface area contributed by atoms with Crippen molar-refractivity contribution in [1.82, 2.24) is 0 Å². The summed E-state index contributed by atoms with van der Waals surface area (Å²) in [6.45, 7) is 4.90. The van der Waals surface area contributed by atoms with Crippen LogP contribution in [0.2, 0.25) is 10.0 Å². The van der Waals surface area contributed by atoms with Gasteiger partial charge in [-0.3, -0.25) is 0 Å². The summed E-state index contributed by atoms with van der Waals surface area (Å²) >= 11 is 12.3. The zero-order valence-corrected chi connectivity index (χ0v) is 15.0. The average Bonchev–Trinajstić information content (AvgIpc) is 2.52. The van der Waals surface area contributed by atoms with Crippen LogP contribution in [-0.2, 0) is 6.54 Å². The number of aryl methyl sites for hydroxylation is 1. The van der Waals surface area contributed by atoms with E-state index in [1.807, 2.05) is 13.8 Å². The fourth-order valence-corrected chi connectivity index (χ4v) is 2.84. The fraction of sp³-hybridized carbons (Fsp3) is 0.278. The lowest BCUT2D eigenvalue weighted by atomic mass is 10.1. The Kier molecular flexibility index (Phi) is 6.35. The van der Waals surface area contributed by atoms with E-state index in [1.165, 1.54) is 0 Å². The van der Waals surface area contributed by atoms with E-state index in [0.717, 1.165) is 23.2 Å². The largest absolute Gasteiger partial charge is 0.492 e. The highest BCUT2D eigenvalue weighted by molar-refractivity contribution is 6.35. The van der Waals surface area contributed by atoms with Crippen LogP contribution in [0.4, 0.5) is 5.69 Å². The number of carboxylic acid groups (broad SMARTS) is 1. The summed E-state index contributed by atoms with van der Waals surface area (Å²) < 4.78 is 5.73. The quantitative estimate of drug-likeness (QED) is 0.687. The molecule has 2 N–H and O–H groups in total. The van der Waals surface area contributed by atoms with Gasteiger partial charge in [-0.15, -0.1) is 0 Å². The number of rotatable bonds is 7. The number of benzene rings is 2. The second-order valence-electron chi connectivity index (χ2n) is 5.41. The maximum absolute atomic E-state index is 11.1. The number of hydrogen-bond donors (Lipinski definition) is 2. The summed E-state index contributed by atoms with van der Waals surface area (Å²) in [5, 5.41) is 13.3. The van der Waals surface area contributed by atoms with E-state index in [1.54, 1.807) is 30.3 Å². The van der Waals surface area contributed by atoms with Crippen LogP contribution in [0.15, 0.2) is 30.3 Å². The molecule has 0 aliphatic carbocycles. The molecule has 0 unspecified atom stereocenters. The van der Waals surface area contributed by atoms with Gasteiger partial charge < -0.3 is 15.2 Å². The Balaban J connectivity index is 2.25. The highest BCUT2D eigenvalue weighted by Crippen LogP contribution is 2.33. The van der Waals surface area contributed by atoms with Gasteiger partial charge in [0.2, 0.25) is 0 Å². The second kappa shape index (κ2) is 8.27. The first-order chi connectivity index (χ1) is 11.4. The third-order valence-electron chi connectivity index (χ3n) is 3.49. The molecular formula is C18H19Cl2NO3. The first-order valence-electron chi connectivity index (χ1n) is 7.61. The summed E-state index contributed by atoms with van der Waals surface area (Å²) in [5.41, 5.74) is 2.74. The molecule has 0 radical (unpaired) electrons. The van der Waals surface area contributed by atoms with E-state index < -0.39 is 5.97 Å². The Labute approximate surface area is 151 Å². The van der Waals surface area contributed by atoms with Gasteiger partial charge in [0.25, 0.3) is 0 Å². The average molecular weight is 368 g/mol. The van der Waals surface area contributed by atoms with Gasteiger partial charge in [-0.2, -0.15) is 0 Å². The Morgan fingerprint density at radius 1 is 1.25 bits per heavy atom. The normalized spacial score (nSPS) is 10.5. The van der Waals surface area contributed by atoms with Gasteiger partial charge in [-0.1, -0.05) is 36.2 Å². The Morgan fingerprint density at radius 2 is 2.00 bits per heavy atom.